The van der Waals surface area contributed by atoms with Crippen LogP contribution in [0.2, 0.25) is 0 Å². The van der Waals surface area contributed by atoms with E-state index in [0.717, 1.165) is 27.8 Å². The van der Waals surface area contributed by atoms with Gasteiger partial charge in [0.1, 0.15) is 33.9 Å². The molecule has 2 heterocycles. The van der Waals surface area contributed by atoms with Crippen LogP contribution in [0.1, 0.15) is 75.8 Å². The van der Waals surface area contributed by atoms with Crippen molar-refractivity contribution in [3.8, 4) is 23.1 Å². The number of carbonyl (C=O) groups excluding carboxylic acids is 1. The quantitative estimate of drug-likeness (QED) is 0.0921. The highest BCUT2D eigenvalue weighted by Crippen LogP contribution is 2.37. The average Bonchev–Trinajstić information content (AvgIpc) is 3.56. The Bertz CT molecular complexity index is 2200. The van der Waals surface area contributed by atoms with E-state index in [-0.39, 0.29) is 12.0 Å². The summed E-state index contributed by atoms with van der Waals surface area (Å²) in [5.41, 5.74) is 4.97. The molecule has 1 atom stereocenters. The number of hydrogen-bond acceptors (Lipinski definition) is 11. The van der Waals surface area contributed by atoms with E-state index in [4.69, 9.17) is 33.8 Å². The largest absolute Gasteiger partial charge is 0.497 e. The van der Waals surface area contributed by atoms with Crippen molar-refractivity contribution in [3.63, 3.8) is 0 Å². The molecule has 0 radical (unpaired) electrons. The summed E-state index contributed by atoms with van der Waals surface area (Å²) in [6, 6.07) is 19.4. The van der Waals surface area contributed by atoms with E-state index in [0.29, 0.717) is 77.6 Å². The topological polar surface area (TPSA) is 139 Å². The van der Waals surface area contributed by atoms with Gasteiger partial charge in [0.25, 0.3) is 5.88 Å². The van der Waals surface area contributed by atoms with Gasteiger partial charge in [-0.2, -0.15) is 0 Å². The lowest BCUT2D eigenvalue weighted by molar-refractivity contribution is 0.0523. The number of imidazole rings is 1. The highest BCUT2D eigenvalue weighted by atomic mass is 32.2. The van der Waals surface area contributed by atoms with Gasteiger partial charge in [0.2, 0.25) is 5.16 Å². The molecule has 1 unspecified atom stereocenters. The molecule has 0 saturated heterocycles. The van der Waals surface area contributed by atoms with Crippen molar-refractivity contribution in [1.29, 1.82) is 0 Å². The monoisotopic (exact) mass is 798 g/mol. The number of methoxy groups -OCH3 is 3. The van der Waals surface area contributed by atoms with E-state index in [2.05, 4.69) is 21.9 Å². The fourth-order valence-electron chi connectivity index (χ4n) is 6.16. The minimum Gasteiger partial charge on any atom is -0.497 e. The lowest BCUT2D eigenvalue weighted by atomic mass is 10.1. The first kappa shape index (κ1) is 42.5. The molecule has 1 amide bonds. The second-order valence-electron chi connectivity index (χ2n) is 14.7. The van der Waals surface area contributed by atoms with Crippen LogP contribution in [0.3, 0.4) is 0 Å². The number of aromatic nitrogens is 4. The molecule has 1 N–H and O–H groups in total. The highest BCUT2D eigenvalue weighted by Gasteiger charge is 2.28. The standard InChI is InChI=1S/C43H54N6O7S/c1-11-21-57(51)41-45-37-38(49(41)25-31-15-13-30(14-16-31)24-44-42(50)56-43(5,6)7)40(55-28(3)4)47-46-39(37)48(26-32-18-17-29(12-2)22-35(32)53-9)27-33-19-20-34(52-8)23-36(33)54-10/h12-20,22-23,28H,2,11,21,24-27H2,1,3-10H3,(H,44,50). The average molecular weight is 799 g/mol. The van der Waals surface area contributed by atoms with Gasteiger partial charge in [0.05, 0.1) is 44.8 Å². The van der Waals surface area contributed by atoms with Crippen LogP contribution in [0.25, 0.3) is 17.1 Å². The van der Waals surface area contributed by atoms with Crippen LogP contribution in [0.15, 0.2) is 72.4 Å². The van der Waals surface area contributed by atoms with Crippen LogP contribution < -0.4 is 29.2 Å². The summed E-state index contributed by atoms with van der Waals surface area (Å²) in [6.07, 6.45) is 1.75. The molecule has 5 rings (SSSR count). The van der Waals surface area contributed by atoms with Crippen molar-refractivity contribution >= 4 is 39.8 Å². The molecule has 0 saturated carbocycles. The van der Waals surface area contributed by atoms with Crippen LogP contribution in [0, 0.1) is 0 Å². The van der Waals surface area contributed by atoms with E-state index in [1.807, 2.05) is 107 Å². The number of rotatable bonds is 18. The molecule has 304 valence electrons. The minimum absolute atomic E-state index is 0.231. The fraction of sp³-hybridized carbons (Fsp3) is 0.395. The normalized spacial score (nSPS) is 12.0. The van der Waals surface area contributed by atoms with Crippen LogP contribution in [0.4, 0.5) is 10.6 Å². The number of benzene rings is 3. The van der Waals surface area contributed by atoms with E-state index >= 15 is 0 Å². The molecule has 0 aliphatic rings. The molecule has 0 aliphatic carbocycles. The van der Waals surface area contributed by atoms with E-state index in [9.17, 15) is 9.00 Å². The predicted octanol–water partition coefficient (Wildman–Crippen LogP) is 8.08. The molecule has 2 aromatic heterocycles. The number of carbonyl (C=O) groups is 1. The van der Waals surface area contributed by atoms with Gasteiger partial charge < -0.3 is 38.5 Å². The summed E-state index contributed by atoms with van der Waals surface area (Å²) in [5, 5.41) is 12.6. The van der Waals surface area contributed by atoms with Gasteiger partial charge in [-0.15, -0.1) is 10.2 Å². The Kier molecular flexibility index (Phi) is 14.2. The maximum atomic E-state index is 14.0. The molecule has 13 nitrogen and oxygen atoms in total. The van der Waals surface area contributed by atoms with Gasteiger partial charge in [-0.05, 0) is 75.9 Å². The summed E-state index contributed by atoms with van der Waals surface area (Å²) < 4.78 is 44.8. The van der Waals surface area contributed by atoms with Crippen molar-refractivity contribution in [2.45, 2.75) is 91.0 Å². The van der Waals surface area contributed by atoms with Crippen molar-refractivity contribution in [2.75, 3.05) is 32.0 Å². The molecule has 3 aromatic carbocycles. The number of alkyl carbamates (subject to hydrolysis) is 1. The van der Waals surface area contributed by atoms with Gasteiger partial charge in [0.15, 0.2) is 5.82 Å². The smallest absolute Gasteiger partial charge is 0.407 e. The Labute approximate surface area is 337 Å². The van der Waals surface area contributed by atoms with Crippen molar-refractivity contribution in [3.05, 3.63) is 95.1 Å². The van der Waals surface area contributed by atoms with E-state index in [1.54, 1.807) is 27.4 Å². The van der Waals surface area contributed by atoms with Gasteiger partial charge in [-0.25, -0.2) is 9.78 Å². The van der Waals surface area contributed by atoms with Gasteiger partial charge in [-0.1, -0.05) is 56.0 Å². The summed E-state index contributed by atoms with van der Waals surface area (Å²) in [6.45, 7) is 16.5. The number of anilines is 1. The first-order chi connectivity index (χ1) is 27.3. The molecular formula is C43H54N6O7S. The van der Waals surface area contributed by atoms with Crippen molar-refractivity contribution < 1.29 is 32.7 Å². The minimum atomic E-state index is -1.46. The predicted molar refractivity (Wildman–Crippen MR) is 224 cm³/mol. The maximum Gasteiger partial charge on any atom is 0.407 e. The van der Waals surface area contributed by atoms with Gasteiger partial charge in [0, 0.05) is 42.6 Å². The lowest BCUT2D eigenvalue weighted by Crippen LogP contribution is -2.32. The molecule has 0 aliphatic heterocycles. The fourth-order valence-corrected chi connectivity index (χ4v) is 7.31. The van der Waals surface area contributed by atoms with E-state index in [1.165, 1.54) is 0 Å². The first-order valence-corrected chi connectivity index (χ1v) is 20.2. The lowest BCUT2D eigenvalue weighted by Gasteiger charge is -2.26. The maximum absolute atomic E-state index is 14.0. The molecule has 57 heavy (non-hydrogen) atoms. The van der Waals surface area contributed by atoms with Crippen molar-refractivity contribution in [2.24, 2.45) is 0 Å². The zero-order chi connectivity index (χ0) is 41.3. The Morgan fingerprint density at radius 3 is 2.18 bits per heavy atom. The summed E-state index contributed by atoms with van der Waals surface area (Å²) in [7, 11) is 3.41. The Morgan fingerprint density at radius 1 is 0.930 bits per heavy atom. The number of fused-ring (bicyclic) bond motifs is 1. The second-order valence-corrected chi connectivity index (χ2v) is 16.2. The molecule has 0 bridgehead atoms. The van der Waals surface area contributed by atoms with Crippen LogP contribution in [0.5, 0.6) is 23.1 Å². The third-order valence-corrected chi connectivity index (χ3v) is 10.3. The molecular weight excluding hydrogens is 745 g/mol. The summed E-state index contributed by atoms with van der Waals surface area (Å²) in [5.74, 6) is 3.14. The first-order valence-electron chi connectivity index (χ1n) is 18.9. The number of amides is 1. The zero-order valence-corrected chi connectivity index (χ0v) is 35.2. The van der Waals surface area contributed by atoms with Crippen molar-refractivity contribution in [1.82, 2.24) is 25.1 Å². The number of nitrogens with one attached hydrogen (secondary N) is 1. The number of nitrogens with zero attached hydrogens (tertiary/aromatic N) is 5. The summed E-state index contributed by atoms with van der Waals surface area (Å²) in [4.78, 5) is 19.4. The van der Waals surface area contributed by atoms with Crippen LogP contribution in [-0.4, -0.2) is 68.8 Å². The number of ether oxygens (including phenoxy) is 5. The Balaban J connectivity index is 1.65. The molecule has 0 spiro atoms. The summed E-state index contributed by atoms with van der Waals surface area (Å²) >= 11 is 0. The van der Waals surface area contributed by atoms with Gasteiger partial charge in [-0.3, -0.25) is 4.21 Å². The molecule has 5 aromatic rings. The van der Waals surface area contributed by atoms with Gasteiger partial charge >= 0.3 is 6.09 Å². The molecule has 0 fully saturated rings. The SMILES string of the molecule is C=Cc1ccc(CN(Cc2ccc(OC)cc2OC)c2nnc(OC(C)C)c3c2nc(S(=O)CCC)n3Cc2ccc(CNC(=O)OC(C)(C)C)cc2)c(OC)c1. The van der Waals surface area contributed by atoms with Crippen LogP contribution in [-0.2, 0) is 41.7 Å². The Morgan fingerprint density at radius 2 is 1.58 bits per heavy atom. The third kappa shape index (κ3) is 10.8. The highest BCUT2D eigenvalue weighted by molar-refractivity contribution is 7.84. The van der Waals surface area contributed by atoms with Crippen LogP contribution >= 0.6 is 0 Å². The third-order valence-electron chi connectivity index (χ3n) is 8.79. The molecule has 14 heteroatoms. The zero-order valence-electron chi connectivity index (χ0n) is 34.4. The van der Waals surface area contributed by atoms with E-state index < -0.39 is 22.5 Å². The second kappa shape index (κ2) is 19.0. The number of hydrogen-bond donors (Lipinski definition) is 1. The Hall–Kier alpha value is -5.63.